The van der Waals surface area contributed by atoms with Gasteiger partial charge < -0.3 is 5.32 Å². The molecule has 0 aliphatic rings. The van der Waals surface area contributed by atoms with E-state index in [4.69, 9.17) is 0 Å². The van der Waals surface area contributed by atoms with Crippen molar-refractivity contribution in [2.24, 2.45) is 0 Å². The van der Waals surface area contributed by atoms with Gasteiger partial charge in [-0.05, 0) is 13.8 Å². The first-order valence-corrected chi connectivity index (χ1v) is 4.96. The van der Waals surface area contributed by atoms with Gasteiger partial charge in [0.1, 0.15) is 0 Å². The van der Waals surface area contributed by atoms with E-state index in [2.05, 4.69) is 10.3 Å². The van der Waals surface area contributed by atoms with Crippen molar-refractivity contribution < 1.29 is 4.79 Å². The number of hydrogen-bond donors (Lipinski definition) is 1. The van der Waals surface area contributed by atoms with E-state index in [1.54, 1.807) is 18.5 Å². The molecule has 70 valence electrons. The summed E-state index contributed by atoms with van der Waals surface area (Å²) in [7, 11) is 0. The zero-order valence-electron chi connectivity index (χ0n) is 7.70. The third-order valence-corrected chi connectivity index (χ3v) is 2.34. The lowest BCUT2D eigenvalue weighted by Gasteiger charge is -2.01. The average Bonchev–Trinajstić information content (AvgIpc) is 2.65. The lowest BCUT2D eigenvalue weighted by molar-refractivity contribution is -0.117. The Morgan fingerprint density at radius 1 is 1.77 bits per heavy atom. The molecule has 1 amide bonds. The standard InChI is InChI=1S/C9H12N2OS/c1-3-7(2)9(12)10-4-8-5-13-6-11-8/h3,5-6H,4H2,1-2H3,(H,10,12)/b7-3-. The number of thiazole rings is 1. The highest BCUT2D eigenvalue weighted by molar-refractivity contribution is 7.07. The molecule has 0 bridgehead atoms. The molecular formula is C9H12N2OS. The van der Waals surface area contributed by atoms with Gasteiger partial charge in [-0.3, -0.25) is 4.79 Å². The van der Waals surface area contributed by atoms with Crippen LogP contribution in [0.25, 0.3) is 0 Å². The molecule has 0 aliphatic carbocycles. The molecular weight excluding hydrogens is 184 g/mol. The predicted octanol–water partition coefficient (Wildman–Crippen LogP) is 1.73. The van der Waals surface area contributed by atoms with Crippen LogP contribution < -0.4 is 5.32 Å². The summed E-state index contributed by atoms with van der Waals surface area (Å²) in [5, 5.41) is 4.69. The van der Waals surface area contributed by atoms with Gasteiger partial charge in [0, 0.05) is 11.0 Å². The van der Waals surface area contributed by atoms with Gasteiger partial charge >= 0.3 is 0 Å². The Balaban J connectivity index is 2.40. The molecule has 0 fully saturated rings. The second kappa shape index (κ2) is 4.77. The van der Waals surface area contributed by atoms with Crippen LogP contribution >= 0.6 is 11.3 Å². The molecule has 13 heavy (non-hydrogen) atoms. The molecule has 4 heteroatoms. The van der Waals surface area contributed by atoms with Gasteiger partial charge in [-0.2, -0.15) is 0 Å². The van der Waals surface area contributed by atoms with Gasteiger partial charge in [-0.15, -0.1) is 11.3 Å². The van der Waals surface area contributed by atoms with Gasteiger partial charge in [0.05, 0.1) is 17.7 Å². The number of carbonyl (C=O) groups is 1. The van der Waals surface area contributed by atoms with Crippen molar-refractivity contribution in [3.8, 4) is 0 Å². The van der Waals surface area contributed by atoms with Gasteiger partial charge in [-0.1, -0.05) is 6.08 Å². The van der Waals surface area contributed by atoms with E-state index < -0.39 is 0 Å². The van der Waals surface area contributed by atoms with Gasteiger partial charge in [0.25, 0.3) is 0 Å². The molecule has 0 atom stereocenters. The molecule has 1 N–H and O–H groups in total. The van der Waals surface area contributed by atoms with Gasteiger partial charge in [0.2, 0.25) is 5.91 Å². The largest absolute Gasteiger partial charge is 0.347 e. The minimum atomic E-state index is -0.0319. The highest BCUT2D eigenvalue weighted by atomic mass is 32.1. The van der Waals surface area contributed by atoms with E-state index in [-0.39, 0.29) is 5.91 Å². The second-order valence-electron chi connectivity index (χ2n) is 2.63. The Morgan fingerprint density at radius 2 is 2.54 bits per heavy atom. The van der Waals surface area contributed by atoms with E-state index >= 15 is 0 Å². The van der Waals surface area contributed by atoms with Crippen molar-refractivity contribution in [1.29, 1.82) is 0 Å². The molecule has 0 aliphatic heterocycles. The first-order chi connectivity index (χ1) is 6.24. The summed E-state index contributed by atoms with van der Waals surface area (Å²) < 4.78 is 0. The smallest absolute Gasteiger partial charge is 0.246 e. The number of nitrogens with one attached hydrogen (secondary N) is 1. The predicted molar refractivity (Wildman–Crippen MR) is 53.4 cm³/mol. The maximum Gasteiger partial charge on any atom is 0.246 e. The Hall–Kier alpha value is -1.16. The minimum absolute atomic E-state index is 0.0319. The Bertz CT molecular complexity index is 303. The van der Waals surface area contributed by atoms with Crippen molar-refractivity contribution in [2.75, 3.05) is 0 Å². The summed E-state index contributed by atoms with van der Waals surface area (Å²) in [6, 6.07) is 0. The van der Waals surface area contributed by atoms with Crippen LogP contribution in [0, 0.1) is 0 Å². The number of nitrogens with zero attached hydrogens (tertiary/aromatic N) is 1. The Morgan fingerprint density at radius 3 is 3.08 bits per heavy atom. The average molecular weight is 196 g/mol. The van der Waals surface area contributed by atoms with Crippen LogP contribution in [0.4, 0.5) is 0 Å². The molecule has 1 aromatic heterocycles. The SMILES string of the molecule is C/C=C(/C)C(=O)NCc1cscn1. The fourth-order valence-corrected chi connectivity index (χ4v) is 1.32. The van der Waals surface area contributed by atoms with Crippen molar-refractivity contribution in [2.45, 2.75) is 20.4 Å². The van der Waals surface area contributed by atoms with Gasteiger partial charge in [-0.25, -0.2) is 4.98 Å². The summed E-state index contributed by atoms with van der Waals surface area (Å²) in [4.78, 5) is 15.3. The van der Waals surface area contributed by atoms with E-state index in [1.807, 2.05) is 12.3 Å². The quantitative estimate of drug-likeness (QED) is 0.748. The molecule has 0 unspecified atom stereocenters. The fraction of sp³-hybridized carbons (Fsp3) is 0.333. The van der Waals surface area contributed by atoms with E-state index in [1.165, 1.54) is 11.3 Å². The molecule has 1 rings (SSSR count). The third kappa shape index (κ3) is 2.99. The van der Waals surface area contributed by atoms with Crippen LogP contribution in [0.1, 0.15) is 19.5 Å². The normalized spacial score (nSPS) is 11.4. The van der Waals surface area contributed by atoms with Crippen molar-refractivity contribution in [3.05, 3.63) is 28.2 Å². The monoisotopic (exact) mass is 196 g/mol. The zero-order valence-corrected chi connectivity index (χ0v) is 8.52. The highest BCUT2D eigenvalue weighted by Gasteiger charge is 2.02. The number of amides is 1. The molecule has 1 heterocycles. The summed E-state index contributed by atoms with van der Waals surface area (Å²) in [5.74, 6) is -0.0319. The molecule has 0 radical (unpaired) electrons. The topological polar surface area (TPSA) is 42.0 Å². The number of aromatic nitrogens is 1. The third-order valence-electron chi connectivity index (χ3n) is 1.70. The number of carbonyl (C=O) groups excluding carboxylic acids is 1. The molecule has 1 aromatic rings. The van der Waals surface area contributed by atoms with Crippen molar-refractivity contribution in [3.63, 3.8) is 0 Å². The van der Waals surface area contributed by atoms with Crippen LogP contribution in [0.2, 0.25) is 0 Å². The summed E-state index contributed by atoms with van der Waals surface area (Å²) in [5.41, 5.74) is 3.39. The molecule has 0 saturated carbocycles. The molecule has 0 spiro atoms. The zero-order chi connectivity index (χ0) is 9.68. The van der Waals surface area contributed by atoms with Crippen molar-refractivity contribution in [1.82, 2.24) is 10.3 Å². The van der Waals surface area contributed by atoms with Gasteiger partial charge in [0.15, 0.2) is 0 Å². The lowest BCUT2D eigenvalue weighted by atomic mass is 10.3. The van der Waals surface area contributed by atoms with E-state index in [0.717, 1.165) is 11.3 Å². The van der Waals surface area contributed by atoms with Crippen LogP contribution in [0.3, 0.4) is 0 Å². The number of hydrogen-bond acceptors (Lipinski definition) is 3. The van der Waals surface area contributed by atoms with Crippen molar-refractivity contribution >= 4 is 17.2 Å². The first-order valence-electron chi connectivity index (χ1n) is 4.02. The van der Waals surface area contributed by atoms with Crippen LogP contribution in [-0.2, 0) is 11.3 Å². The van der Waals surface area contributed by atoms with E-state index in [9.17, 15) is 4.79 Å². The summed E-state index contributed by atoms with van der Waals surface area (Å²) in [6.45, 7) is 4.14. The second-order valence-corrected chi connectivity index (χ2v) is 3.35. The highest BCUT2D eigenvalue weighted by Crippen LogP contribution is 2.00. The first kappa shape index (κ1) is 9.92. The van der Waals surface area contributed by atoms with E-state index in [0.29, 0.717) is 6.54 Å². The number of allylic oxidation sites excluding steroid dienone is 1. The fourth-order valence-electron chi connectivity index (χ4n) is 0.766. The summed E-state index contributed by atoms with van der Waals surface area (Å²) in [6.07, 6.45) is 1.79. The van der Waals surface area contributed by atoms with Crippen LogP contribution in [0.15, 0.2) is 22.5 Å². The Labute approximate surface area is 81.5 Å². The molecule has 0 aromatic carbocycles. The molecule has 0 saturated heterocycles. The minimum Gasteiger partial charge on any atom is -0.347 e. The molecule has 3 nitrogen and oxygen atoms in total. The summed E-state index contributed by atoms with van der Waals surface area (Å²) >= 11 is 1.53. The van der Waals surface area contributed by atoms with Crippen LogP contribution in [0.5, 0.6) is 0 Å². The Kier molecular flexibility index (Phi) is 3.64. The maximum atomic E-state index is 11.3. The van der Waals surface area contributed by atoms with Crippen LogP contribution in [-0.4, -0.2) is 10.9 Å². The number of rotatable bonds is 3. The maximum absolute atomic E-state index is 11.3. The lowest BCUT2D eigenvalue weighted by Crippen LogP contribution is -2.23.